The summed E-state index contributed by atoms with van der Waals surface area (Å²) in [5, 5.41) is 0. The Morgan fingerprint density at radius 3 is 1.77 bits per heavy atom. The van der Waals surface area contributed by atoms with Crippen molar-refractivity contribution in [3.05, 3.63) is 114 Å². The second-order valence-corrected chi connectivity index (χ2v) is 8.11. The van der Waals surface area contributed by atoms with Crippen molar-refractivity contribution in [2.45, 2.75) is 19.8 Å². The Labute approximate surface area is 202 Å². The first-order valence-corrected chi connectivity index (χ1v) is 11.3. The van der Waals surface area contributed by atoms with Crippen LogP contribution in [0.3, 0.4) is 0 Å². The second-order valence-electron chi connectivity index (χ2n) is 8.11. The van der Waals surface area contributed by atoms with Gasteiger partial charge in [-0.25, -0.2) is 17.6 Å². The van der Waals surface area contributed by atoms with Crippen LogP contribution < -0.4 is 4.74 Å². The molecule has 5 heteroatoms. The first-order valence-electron chi connectivity index (χ1n) is 11.3. The molecule has 0 unspecified atom stereocenters. The summed E-state index contributed by atoms with van der Waals surface area (Å²) in [6, 6.07) is 17.7. The van der Waals surface area contributed by atoms with Crippen molar-refractivity contribution >= 4 is 0 Å². The van der Waals surface area contributed by atoms with E-state index in [-0.39, 0.29) is 22.4 Å². The molecule has 0 amide bonds. The Kier molecular flexibility index (Phi) is 7.35. The molecule has 0 saturated carbocycles. The van der Waals surface area contributed by atoms with Gasteiger partial charge in [-0.15, -0.1) is 6.58 Å². The molecule has 0 aliphatic carbocycles. The normalized spacial score (nSPS) is 10.9. The van der Waals surface area contributed by atoms with E-state index in [1.54, 1.807) is 43.3 Å². The van der Waals surface area contributed by atoms with Gasteiger partial charge in [-0.2, -0.15) is 0 Å². The van der Waals surface area contributed by atoms with E-state index in [9.17, 15) is 13.2 Å². The fourth-order valence-electron chi connectivity index (χ4n) is 3.98. The van der Waals surface area contributed by atoms with Crippen molar-refractivity contribution in [1.29, 1.82) is 0 Å². The highest BCUT2D eigenvalue weighted by Crippen LogP contribution is 2.34. The van der Waals surface area contributed by atoms with Gasteiger partial charge in [0.1, 0.15) is 17.5 Å². The molecule has 0 aromatic heterocycles. The summed E-state index contributed by atoms with van der Waals surface area (Å²) in [6.45, 7) is 5.75. The Morgan fingerprint density at radius 1 is 0.657 bits per heavy atom. The van der Waals surface area contributed by atoms with E-state index < -0.39 is 23.3 Å². The van der Waals surface area contributed by atoms with E-state index in [1.807, 2.05) is 0 Å². The van der Waals surface area contributed by atoms with Crippen LogP contribution in [-0.4, -0.2) is 6.61 Å². The summed E-state index contributed by atoms with van der Waals surface area (Å²) in [5.74, 6) is -2.19. The molecule has 0 fully saturated rings. The topological polar surface area (TPSA) is 9.23 Å². The summed E-state index contributed by atoms with van der Waals surface area (Å²) in [5.41, 5.74) is 2.50. The average Bonchev–Trinajstić information content (AvgIpc) is 2.84. The van der Waals surface area contributed by atoms with Crippen LogP contribution in [0.5, 0.6) is 5.75 Å². The zero-order valence-electron chi connectivity index (χ0n) is 19.3. The van der Waals surface area contributed by atoms with Crippen molar-refractivity contribution in [2.24, 2.45) is 0 Å². The zero-order chi connectivity index (χ0) is 24.9. The van der Waals surface area contributed by atoms with Crippen molar-refractivity contribution < 1.29 is 22.3 Å². The third-order valence-corrected chi connectivity index (χ3v) is 5.78. The predicted molar refractivity (Wildman–Crippen MR) is 132 cm³/mol. The maximum atomic E-state index is 15.0. The monoisotopic (exact) mass is 476 g/mol. The fraction of sp³-hybridized carbons (Fsp3) is 0.133. The van der Waals surface area contributed by atoms with Gasteiger partial charge >= 0.3 is 0 Å². The van der Waals surface area contributed by atoms with E-state index in [0.29, 0.717) is 29.7 Å². The smallest absolute Gasteiger partial charge is 0.165 e. The first-order chi connectivity index (χ1) is 16.9. The largest absolute Gasteiger partial charge is 0.491 e. The summed E-state index contributed by atoms with van der Waals surface area (Å²) in [7, 11) is 0. The van der Waals surface area contributed by atoms with Crippen LogP contribution >= 0.6 is 0 Å². The maximum Gasteiger partial charge on any atom is 0.165 e. The van der Waals surface area contributed by atoms with Gasteiger partial charge in [-0.05, 0) is 72.4 Å². The highest BCUT2D eigenvalue weighted by Gasteiger charge is 2.15. The number of aryl methyl sites for hydroxylation is 1. The number of ether oxygens (including phenoxy) is 1. The first kappa shape index (κ1) is 24.3. The molecule has 4 aromatic rings. The van der Waals surface area contributed by atoms with Crippen LogP contribution in [0.25, 0.3) is 33.4 Å². The van der Waals surface area contributed by atoms with Gasteiger partial charge in [0, 0.05) is 16.7 Å². The van der Waals surface area contributed by atoms with Crippen molar-refractivity contribution in [3.8, 4) is 39.1 Å². The molecule has 0 aliphatic rings. The van der Waals surface area contributed by atoms with Gasteiger partial charge in [0.2, 0.25) is 0 Å². The van der Waals surface area contributed by atoms with Crippen LogP contribution in [-0.2, 0) is 6.42 Å². The summed E-state index contributed by atoms with van der Waals surface area (Å²) >= 11 is 0. The predicted octanol–water partition coefficient (Wildman–Crippen LogP) is 8.76. The maximum absolute atomic E-state index is 15.0. The van der Waals surface area contributed by atoms with Crippen LogP contribution in [0, 0.1) is 23.3 Å². The lowest BCUT2D eigenvalue weighted by Gasteiger charge is -2.11. The van der Waals surface area contributed by atoms with Gasteiger partial charge in [0.25, 0.3) is 0 Å². The third kappa shape index (κ3) is 5.29. The number of halogens is 4. The van der Waals surface area contributed by atoms with Gasteiger partial charge in [0.15, 0.2) is 11.6 Å². The SMILES string of the molecule is C=CCCc1ccc(-c2ccc(-c3ccc(-c4ccc(OCC)c(F)c4)cc3F)c(F)c2)c(F)c1. The molecule has 0 saturated heterocycles. The standard InChI is InChI=1S/C30H24F4O/c1-3-5-6-19-7-11-23(26(31)15-19)22-9-13-25(28(33)18-22)24-12-8-20(16-27(24)32)21-10-14-30(35-4-2)29(34)17-21/h3,7-18H,1,4-6H2,2H3. The zero-order valence-corrected chi connectivity index (χ0v) is 19.3. The molecule has 1 nitrogen and oxygen atoms in total. The van der Waals surface area contributed by atoms with Gasteiger partial charge in [-0.3, -0.25) is 0 Å². The van der Waals surface area contributed by atoms with Crippen molar-refractivity contribution in [1.82, 2.24) is 0 Å². The molecule has 0 spiro atoms. The highest BCUT2D eigenvalue weighted by molar-refractivity contribution is 5.74. The molecular formula is C30H24F4O. The van der Waals surface area contributed by atoms with E-state index in [4.69, 9.17) is 4.74 Å². The molecule has 4 aromatic carbocycles. The van der Waals surface area contributed by atoms with Crippen LogP contribution in [0.4, 0.5) is 17.6 Å². The van der Waals surface area contributed by atoms with Crippen LogP contribution in [0.15, 0.2) is 85.5 Å². The van der Waals surface area contributed by atoms with E-state index in [1.165, 1.54) is 42.5 Å². The van der Waals surface area contributed by atoms with Crippen molar-refractivity contribution in [3.63, 3.8) is 0 Å². The molecule has 4 rings (SSSR count). The molecule has 35 heavy (non-hydrogen) atoms. The van der Waals surface area contributed by atoms with E-state index >= 15 is 4.39 Å². The lowest BCUT2D eigenvalue weighted by atomic mass is 9.96. The summed E-state index contributed by atoms with van der Waals surface area (Å²) < 4.78 is 64.0. The quantitative estimate of drug-likeness (QED) is 0.182. The second kappa shape index (κ2) is 10.6. The molecular weight excluding hydrogens is 452 g/mol. The Balaban J connectivity index is 1.61. The Bertz CT molecular complexity index is 1380. The van der Waals surface area contributed by atoms with Crippen molar-refractivity contribution in [2.75, 3.05) is 6.61 Å². The minimum atomic E-state index is -0.670. The number of hydrogen-bond donors (Lipinski definition) is 0. The number of rotatable bonds is 8. The molecule has 0 bridgehead atoms. The molecule has 0 N–H and O–H groups in total. The van der Waals surface area contributed by atoms with Gasteiger partial charge < -0.3 is 4.74 Å². The van der Waals surface area contributed by atoms with Gasteiger partial charge in [0.05, 0.1) is 6.61 Å². The minimum Gasteiger partial charge on any atom is -0.491 e. The lowest BCUT2D eigenvalue weighted by Crippen LogP contribution is -1.95. The Morgan fingerprint density at radius 2 is 1.20 bits per heavy atom. The molecule has 0 aliphatic heterocycles. The number of allylic oxidation sites excluding steroid dienone is 1. The molecule has 178 valence electrons. The third-order valence-electron chi connectivity index (χ3n) is 5.78. The van der Waals surface area contributed by atoms with Gasteiger partial charge in [-0.1, -0.05) is 48.5 Å². The van der Waals surface area contributed by atoms with E-state index in [0.717, 1.165) is 12.0 Å². The number of hydrogen-bond acceptors (Lipinski definition) is 1. The van der Waals surface area contributed by atoms with E-state index in [2.05, 4.69) is 6.58 Å². The average molecular weight is 477 g/mol. The molecule has 0 atom stereocenters. The lowest BCUT2D eigenvalue weighted by molar-refractivity contribution is 0.321. The van der Waals surface area contributed by atoms with Crippen LogP contribution in [0.2, 0.25) is 0 Å². The highest BCUT2D eigenvalue weighted by atomic mass is 19.1. The Hall–Kier alpha value is -3.86. The summed E-state index contributed by atoms with van der Waals surface area (Å²) in [4.78, 5) is 0. The molecule has 0 heterocycles. The molecule has 0 radical (unpaired) electrons. The number of benzene rings is 4. The van der Waals surface area contributed by atoms with Crippen LogP contribution in [0.1, 0.15) is 18.9 Å². The summed E-state index contributed by atoms with van der Waals surface area (Å²) in [6.07, 6.45) is 3.18. The minimum absolute atomic E-state index is 0.0543. The fourth-order valence-corrected chi connectivity index (χ4v) is 3.98.